The maximum absolute atomic E-state index is 15.0. The second-order valence-corrected chi connectivity index (χ2v) is 17.2. The van der Waals surface area contributed by atoms with Gasteiger partial charge in [-0.15, -0.1) is 0 Å². The maximum atomic E-state index is 15.0. The molecular weight excluding hydrogens is 857 g/mol. The van der Waals surface area contributed by atoms with Gasteiger partial charge in [-0.2, -0.15) is 0 Å². The van der Waals surface area contributed by atoms with Crippen LogP contribution in [-0.2, 0) is 4.74 Å². The van der Waals surface area contributed by atoms with Crippen LogP contribution in [0.4, 0.5) is 22.7 Å². The molecule has 5 nitrogen and oxygen atoms in total. The molecule has 0 fully saturated rings. The fourth-order valence-electron chi connectivity index (χ4n) is 9.26. The molecule has 350 valence electrons. The van der Waals surface area contributed by atoms with Gasteiger partial charge in [-0.3, -0.25) is 9.59 Å². The molecule has 70 heavy (non-hydrogen) atoms. The summed E-state index contributed by atoms with van der Waals surface area (Å²) < 4.78 is 6.47. The molecule has 5 heteroatoms. The number of anilines is 4. The summed E-state index contributed by atoms with van der Waals surface area (Å²) in [6.07, 6.45) is 14.2. The number of rotatable bonds is 11. The highest BCUT2D eigenvalue weighted by Gasteiger charge is 2.31. The van der Waals surface area contributed by atoms with Crippen molar-refractivity contribution in [1.82, 2.24) is 0 Å². The van der Waals surface area contributed by atoms with Gasteiger partial charge in [0, 0.05) is 52.2 Å². The fraction of sp³-hybridized carbons (Fsp3) is 0.169. The van der Waals surface area contributed by atoms with E-state index in [0.29, 0.717) is 33.4 Å². The van der Waals surface area contributed by atoms with Gasteiger partial charge in [0.2, 0.25) is 0 Å². The fourth-order valence-corrected chi connectivity index (χ4v) is 9.26. The normalized spacial score (nSPS) is 13.4. The molecule has 3 aliphatic rings. The highest BCUT2D eigenvalue weighted by atomic mass is 16.5. The van der Waals surface area contributed by atoms with Gasteiger partial charge in [-0.1, -0.05) is 173 Å². The molecule has 0 radical (unpaired) electrons. The largest absolute Gasteiger partial charge is 0.462 e. The van der Waals surface area contributed by atoms with Crippen molar-refractivity contribution in [2.45, 2.75) is 74.1 Å². The molecule has 0 aromatic heterocycles. The van der Waals surface area contributed by atoms with Crippen LogP contribution < -0.4 is 9.80 Å². The lowest BCUT2D eigenvalue weighted by Gasteiger charge is -2.37. The molecule has 0 bridgehead atoms. The van der Waals surface area contributed by atoms with Crippen LogP contribution in [0.2, 0.25) is 0 Å². The molecule has 2 aliphatic carbocycles. The van der Waals surface area contributed by atoms with Gasteiger partial charge in [0.15, 0.2) is 11.6 Å². The van der Waals surface area contributed by atoms with Gasteiger partial charge >= 0.3 is 0 Å². The standard InChI is InChI=1S/C61H50N2O3.2C2H6/c1-5-43-15-7-9-17-55(43)62(54-16-8-6-14-42(54)4)48-34-30-44(31-35-48)50-38-53(61(65)47-28-24-41(3)25-29-47)51(39-52(50)60(64)46-26-22-40(2)23-27-46)45-32-36-49(37-33-45)63-56-18-10-12-20-58(56)66-59-21-13-11-19-57(59)63;2*1-2/h5-11,14-19,22-39H,1,12-13,20-21H2,2-4H3;2*1-2H3. The van der Waals surface area contributed by atoms with E-state index in [1.54, 1.807) is 0 Å². The predicted octanol–water partition coefficient (Wildman–Crippen LogP) is 17.5. The lowest BCUT2D eigenvalue weighted by Crippen LogP contribution is -2.29. The van der Waals surface area contributed by atoms with Crippen LogP contribution in [0.25, 0.3) is 28.3 Å². The van der Waals surface area contributed by atoms with Crippen molar-refractivity contribution in [2.75, 3.05) is 9.80 Å². The lowest BCUT2D eigenvalue weighted by molar-refractivity contribution is 0.102. The summed E-state index contributed by atoms with van der Waals surface area (Å²) in [5.74, 6) is 1.75. The summed E-state index contributed by atoms with van der Waals surface area (Å²) in [6.45, 7) is 18.3. The first-order valence-corrected chi connectivity index (χ1v) is 24.7. The van der Waals surface area contributed by atoms with Gasteiger partial charge in [0.1, 0.15) is 11.5 Å². The summed E-state index contributed by atoms with van der Waals surface area (Å²) in [5, 5.41) is 0. The molecule has 1 aliphatic heterocycles. The molecule has 10 rings (SSSR count). The molecule has 7 aromatic carbocycles. The minimum absolute atomic E-state index is 0.120. The second-order valence-electron chi connectivity index (χ2n) is 17.2. The Kier molecular flexibility index (Phi) is 15.2. The first-order valence-electron chi connectivity index (χ1n) is 24.7. The average molecular weight is 919 g/mol. The van der Waals surface area contributed by atoms with E-state index >= 15 is 0 Å². The highest BCUT2D eigenvalue weighted by molar-refractivity contribution is 6.18. The summed E-state index contributed by atoms with van der Waals surface area (Å²) in [5.41, 5.74) is 15.5. The number of allylic oxidation sites excluding steroid dienone is 6. The molecule has 0 saturated carbocycles. The van der Waals surface area contributed by atoms with Gasteiger partial charge < -0.3 is 14.5 Å². The van der Waals surface area contributed by atoms with Gasteiger partial charge in [0.25, 0.3) is 0 Å². The number of ketones is 2. The topological polar surface area (TPSA) is 49.9 Å². The summed E-state index contributed by atoms with van der Waals surface area (Å²) >= 11 is 0. The third-order valence-electron chi connectivity index (χ3n) is 12.8. The minimum Gasteiger partial charge on any atom is -0.462 e. The number of hydrogen-bond donors (Lipinski definition) is 0. The van der Waals surface area contributed by atoms with Crippen molar-refractivity contribution in [3.63, 3.8) is 0 Å². The Morgan fingerprint density at radius 1 is 0.557 bits per heavy atom. The first kappa shape index (κ1) is 48.4. The van der Waals surface area contributed by atoms with E-state index in [9.17, 15) is 9.59 Å². The van der Waals surface area contributed by atoms with Crippen molar-refractivity contribution in [2.24, 2.45) is 0 Å². The monoisotopic (exact) mass is 918 g/mol. The van der Waals surface area contributed by atoms with E-state index in [4.69, 9.17) is 4.74 Å². The third-order valence-corrected chi connectivity index (χ3v) is 12.8. The van der Waals surface area contributed by atoms with Gasteiger partial charge in [-0.05, 0) is 128 Å². The molecule has 0 spiro atoms. The minimum atomic E-state index is -0.122. The number of nitrogens with zero attached hydrogens (tertiary/aromatic N) is 2. The van der Waals surface area contributed by atoms with E-state index in [1.165, 1.54) is 0 Å². The zero-order valence-corrected chi connectivity index (χ0v) is 41.6. The predicted molar refractivity (Wildman–Crippen MR) is 293 cm³/mol. The number of ether oxygens (including phenoxy) is 1. The van der Waals surface area contributed by atoms with Gasteiger partial charge in [0.05, 0.1) is 17.1 Å². The van der Waals surface area contributed by atoms with Gasteiger partial charge in [-0.25, -0.2) is 0 Å². The molecule has 0 atom stereocenters. The van der Waals surface area contributed by atoms with Crippen LogP contribution in [0.5, 0.6) is 0 Å². The smallest absolute Gasteiger partial charge is 0.193 e. The Labute approximate surface area is 415 Å². The van der Waals surface area contributed by atoms with Crippen LogP contribution in [0.1, 0.15) is 107 Å². The number of aryl methyl sites for hydroxylation is 3. The quantitative estimate of drug-likeness (QED) is 0.121. The first-order chi connectivity index (χ1) is 34.2. The van der Waals surface area contributed by atoms with Crippen LogP contribution in [0.15, 0.2) is 212 Å². The van der Waals surface area contributed by atoms with Crippen molar-refractivity contribution in [3.05, 3.63) is 256 Å². The molecule has 7 aromatic rings. The molecule has 0 saturated heterocycles. The van der Waals surface area contributed by atoms with Crippen molar-refractivity contribution in [3.8, 4) is 22.3 Å². The summed E-state index contributed by atoms with van der Waals surface area (Å²) in [7, 11) is 0. The Bertz CT molecular complexity index is 3130. The van der Waals surface area contributed by atoms with Crippen LogP contribution in [-0.4, -0.2) is 11.6 Å². The number of benzene rings is 7. The third kappa shape index (κ3) is 9.79. The Hall–Kier alpha value is -8.02. The number of para-hydroxylation sites is 2. The van der Waals surface area contributed by atoms with E-state index in [2.05, 4.69) is 126 Å². The number of carbonyl (C=O) groups is 2. The van der Waals surface area contributed by atoms with Crippen molar-refractivity contribution >= 4 is 40.4 Å². The second kappa shape index (κ2) is 21.9. The number of hydrogen-bond acceptors (Lipinski definition) is 5. The molecule has 0 unspecified atom stereocenters. The van der Waals surface area contributed by atoms with Crippen LogP contribution >= 0.6 is 0 Å². The highest BCUT2D eigenvalue weighted by Crippen LogP contribution is 2.44. The lowest BCUT2D eigenvalue weighted by atomic mass is 9.85. The van der Waals surface area contributed by atoms with Crippen molar-refractivity contribution < 1.29 is 14.3 Å². The summed E-state index contributed by atoms with van der Waals surface area (Å²) in [4.78, 5) is 34.4. The molecule has 1 heterocycles. The SMILES string of the molecule is C=Cc1ccccc1N(c1ccc(-c2cc(C(=O)c3ccc(C)cc3)c(-c3ccc(N4C5=C(CCC=C5)OC5=C4C=CCC5)cc3)cc2C(=O)c2ccc(C)cc2)cc1)c1ccccc1C.CC.CC. The van der Waals surface area contributed by atoms with Crippen LogP contribution in [0, 0.1) is 20.8 Å². The summed E-state index contributed by atoms with van der Waals surface area (Å²) in [6, 6.07) is 52.5. The van der Waals surface area contributed by atoms with E-state index in [1.807, 2.05) is 126 Å². The Morgan fingerprint density at radius 2 is 1.01 bits per heavy atom. The zero-order valence-electron chi connectivity index (χ0n) is 41.6. The molecule has 0 amide bonds. The number of carbonyl (C=O) groups excluding carboxylic acids is 2. The molecule has 0 N–H and O–H groups in total. The van der Waals surface area contributed by atoms with E-state index in [-0.39, 0.29) is 11.6 Å². The van der Waals surface area contributed by atoms with Crippen molar-refractivity contribution in [1.29, 1.82) is 0 Å². The van der Waals surface area contributed by atoms with E-state index in [0.717, 1.165) is 105 Å². The molecular formula is C65H62N2O3. The zero-order chi connectivity index (χ0) is 49.3. The maximum Gasteiger partial charge on any atom is 0.193 e. The Balaban J connectivity index is 0.00000161. The average Bonchev–Trinajstić information content (AvgIpc) is 3.42. The van der Waals surface area contributed by atoms with E-state index < -0.39 is 0 Å². The Morgan fingerprint density at radius 3 is 1.50 bits per heavy atom. The van der Waals surface area contributed by atoms with Crippen LogP contribution in [0.3, 0.4) is 0 Å².